The SMILES string of the molecule is Cc1oc(=O)oc1COc1c2n(ccc1=O)N(C1c3ccccc3CSc3ccccc31)CN(C(C)C)C2=O. The quantitative estimate of drug-likeness (QED) is 0.363. The number of ether oxygens (including phenoxy) is 1. The smallest absolute Gasteiger partial charge is 0.479 e. The van der Waals surface area contributed by atoms with Crippen molar-refractivity contribution in [3.05, 3.63) is 116 Å². The van der Waals surface area contributed by atoms with Gasteiger partial charge in [0.15, 0.2) is 23.0 Å². The number of carbonyl (C=O) groups is 1. The van der Waals surface area contributed by atoms with Crippen molar-refractivity contribution >= 4 is 17.7 Å². The highest BCUT2D eigenvalue weighted by atomic mass is 32.2. The molecule has 0 aliphatic carbocycles. The van der Waals surface area contributed by atoms with E-state index in [0.29, 0.717) is 6.67 Å². The van der Waals surface area contributed by atoms with Crippen LogP contribution >= 0.6 is 11.8 Å². The summed E-state index contributed by atoms with van der Waals surface area (Å²) in [6.45, 7) is 5.54. The molecule has 10 heteroatoms. The molecule has 39 heavy (non-hydrogen) atoms. The van der Waals surface area contributed by atoms with Gasteiger partial charge >= 0.3 is 5.82 Å². The van der Waals surface area contributed by atoms with Crippen LogP contribution in [0.25, 0.3) is 0 Å². The molecule has 2 aromatic carbocycles. The van der Waals surface area contributed by atoms with E-state index < -0.39 is 11.3 Å². The Hall–Kier alpha value is -4.18. The van der Waals surface area contributed by atoms with Crippen molar-refractivity contribution in [3.8, 4) is 5.75 Å². The van der Waals surface area contributed by atoms with Gasteiger partial charge in [-0.2, -0.15) is 0 Å². The number of pyridine rings is 1. The summed E-state index contributed by atoms with van der Waals surface area (Å²) in [5.41, 5.74) is 3.14. The second-order valence-corrected chi connectivity index (χ2v) is 10.8. The number of aromatic nitrogens is 1. The first-order valence-corrected chi connectivity index (χ1v) is 13.7. The van der Waals surface area contributed by atoms with Crippen LogP contribution in [0.2, 0.25) is 0 Å². The van der Waals surface area contributed by atoms with Crippen molar-refractivity contribution < 1.29 is 18.4 Å². The number of fused-ring (bicyclic) bond motifs is 3. The Labute approximate surface area is 228 Å². The van der Waals surface area contributed by atoms with Gasteiger partial charge in [0.2, 0.25) is 5.43 Å². The molecule has 2 aromatic heterocycles. The lowest BCUT2D eigenvalue weighted by molar-refractivity contribution is 0.0617. The van der Waals surface area contributed by atoms with E-state index in [4.69, 9.17) is 13.6 Å². The number of aryl methyl sites for hydroxylation is 1. The number of rotatable bonds is 5. The lowest BCUT2D eigenvalue weighted by atomic mass is 9.94. The molecule has 2 aliphatic rings. The fourth-order valence-corrected chi connectivity index (χ4v) is 6.24. The number of amides is 1. The predicted molar refractivity (Wildman–Crippen MR) is 146 cm³/mol. The molecule has 1 unspecified atom stereocenters. The maximum absolute atomic E-state index is 13.9. The lowest BCUT2D eigenvalue weighted by Crippen LogP contribution is -2.57. The zero-order valence-electron chi connectivity index (χ0n) is 21.7. The second-order valence-electron chi connectivity index (χ2n) is 9.80. The van der Waals surface area contributed by atoms with Crippen LogP contribution in [0.15, 0.2) is 84.1 Å². The number of hydrogen-bond donors (Lipinski definition) is 0. The monoisotopic (exact) mass is 545 g/mol. The maximum Gasteiger partial charge on any atom is 0.519 e. The van der Waals surface area contributed by atoms with Crippen molar-refractivity contribution in [1.82, 2.24) is 9.58 Å². The lowest BCUT2D eigenvalue weighted by Gasteiger charge is -2.45. The zero-order valence-corrected chi connectivity index (χ0v) is 22.6. The van der Waals surface area contributed by atoms with Crippen LogP contribution in [-0.4, -0.2) is 28.2 Å². The van der Waals surface area contributed by atoms with Crippen LogP contribution in [-0.2, 0) is 12.4 Å². The third-order valence-electron chi connectivity index (χ3n) is 7.12. The Morgan fingerprint density at radius 1 is 1.00 bits per heavy atom. The molecule has 4 aromatic rings. The van der Waals surface area contributed by atoms with Crippen LogP contribution in [0.1, 0.15) is 58.6 Å². The Kier molecular flexibility index (Phi) is 6.34. The first-order valence-electron chi connectivity index (χ1n) is 12.7. The zero-order chi connectivity index (χ0) is 27.3. The normalized spacial score (nSPS) is 16.5. The molecule has 200 valence electrons. The Morgan fingerprint density at radius 2 is 1.74 bits per heavy atom. The van der Waals surface area contributed by atoms with E-state index in [1.54, 1.807) is 34.5 Å². The van der Waals surface area contributed by atoms with E-state index >= 15 is 0 Å². The largest absolute Gasteiger partial charge is 0.519 e. The second kappa shape index (κ2) is 9.85. The van der Waals surface area contributed by atoms with Gasteiger partial charge in [-0.25, -0.2) is 4.79 Å². The topological polar surface area (TPSA) is 98.1 Å². The molecular formula is C29H27N3O6S. The first-order chi connectivity index (χ1) is 18.8. The van der Waals surface area contributed by atoms with E-state index in [0.717, 1.165) is 21.8 Å². The molecule has 0 saturated heterocycles. The third-order valence-corrected chi connectivity index (χ3v) is 8.26. The van der Waals surface area contributed by atoms with Gasteiger partial charge in [-0.3, -0.25) is 19.3 Å². The Morgan fingerprint density at radius 3 is 2.49 bits per heavy atom. The summed E-state index contributed by atoms with van der Waals surface area (Å²) in [6, 6.07) is 17.7. The van der Waals surface area contributed by atoms with Gasteiger partial charge in [-0.1, -0.05) is 42.5 Å². The van der Waals surface area contributed by atoms with Crippen LogP contribution in [0.5, 0.6) is 5.75 Å². The summed E-state index contributed by atoms with van der Waals surface area (Å²) >= 11 is 1.79. The van der Waals surface area contributed by atoms with Crippen LogP contribution < -0.4 is 21.0 Å². The van der Waals surface area contributed by atoms with Crippen LogP contribution in [0.3, 0.4) is 0 Å². The Bertz CT molecular complexity index is 1640. The molecule has 0 spiro atoms. The number of thioether (sulfide) groups is 1. The van der Waals surface area contributed by atoms with Crippen LogP contribution in [0.4, 0.5) is 0 Å². The van der Waals surface area contributed by atoms with E-state index in [9.17, 15) is 14.4 Å². The average molecular weight is 546 g/mol. The van der Waals surface area contributed by atoms with Crippen molar-refractivity contribution in [3.63, 3.8) is 0 Å². The van der Waals surface area contributed by atoms with Crippen molar-refractivity contribution in [2.24, 2.45) is 0 Å². The minimum Gasteiger partial charge on any atom is -0.479 e. The fraction of sp³-hybridized carbons (Fsp3) is 0.276. The Balaban J connectivity index is 1.54. The number of nitrogens with zero attached hydrogens (tertiary/aromatic N) is 3. The number of benzene rings is 2. The van der Waals surface area contributed by atoms with E-state index in [-0.39, 0.29) is 47.6 Å². The molecule has 0 radical (unpaired) electrons. The summed E-state index contributed by atoms with van der Waals surface area (Å²) in [7, 11) is 0. The van der Waals surface area contributed by atoms with Gasteiger partial charge in [0.05, 0.1) is 6.04 Å². The summed E-state index contributed by atoms with van der Waals surface area (Å²) in [5.74, 6) is -0.0353. The molecule has 1 amide bonds. The molecule has 0 N–H and O–H groups in total. The standard InChI is InChI=1S/C29H27N3O6S/c1-17(2)30-16-32(25-20-9-5-4-8-19(20)15-39-24-11-7-6-10-21(24)25)31-13-12-22(33)27(26(31)28(30)34)36-14-23-18(3)37-29(35)38-23/h4-13,17,25H,14-16H2,1-3H3. The molecule has 4 heterocycles. The summed E-state index contributed by atoms with van der Waals surface area (Å²) in [6.07, 6.45) is 1.63. The first kappa shape index (κ1) is 25.1. The molecule has 1 atom stereocenters. The van der Waals surface area contributed by atoms with Crippen molar-refractivity contribution in [1.29, 1.82) is 0 Å². The van der Waals surface area contributed by atoms with Gasteiger partial charge in [0, 0.05) is 29.0 Å². The van der Waals surface area contributed by atoms with Gasteiger partial charge < -0.3 is 18.5 Å². The van der Waals surface area contributed by atoms with Gasteiger partial charge in [-0.15, -0.1) is 11.8 Å². The predicted octanol–water partition coefficient (Wildman–Crippen LogP) is 4.44. The highest BCUT2D eigenvalue weighted by Gasteiger charge is 2.39. The fourth-order valence-electron chi connectivity index (χ4n) is 5.14. The molecule has 0 bridgehead atoms. The number of hydrogen-bond acceptors (Lipinski definition) is 8. The molecular weight excluding hydrogens is 518 g/mol. The summed E-state index contributed by atoms with van der Waals surface area (Å²) < 4.78 is 17.6. The molecule has 0 fully saturated rings. The molecule has 6 rings (SSSR count). The third kappa shape index (κ3) is 4.34. The van der Waals surface area contributed by atoms with Crippen LogP contribution in [0, 0.1) is 6.92 Å². The molecule has 0 saturated carbocycles. The highest BCUT2D eigenvalue weighted by molar-refractivity contribution is 7.98. The minimum absolute atomic E-state index is 0.106. The van der Waals surface area contributed by atoms with Gasteiger partial charge in [0.25, 0.3) is 5.91 Å². The van der Waals surface area contributed by atoms with E-state index in [2.05, 4.69) is 29.3 Å². The van der Waals surface area contributed by atoms with Crippen molar-refractivity contribution in [2.45, 2.75) is 50.1 Å². The van der Waals surface area contributed by atoms with Gasteiger partial charge in [-0.05, 0) is 43.5 Å². The maximum atomic E-state index is 13.9. The van der Waals surface area contributed by atoms with Gasteiger partial charge in [0.1, 0.15) is 13.3 Å². The van der Waals surface area contributed by atoms with E-state index in [1.165, 1.54) is 11.6 Å². The summed E-state index contributed by atoms with van der Waals surface area (Å²) in [5, 5.41) is 2.11. The highest BCUT2D eigenvalue weighted by Crippen LogP contribution is 2.43. The number of carbonyl (C=O) groups excluding carboxylic acids is 1. The summed E-state index contributed by atoms with van der Waals surface area (Å²) in [4.78, 5) is 41.4. The average Bonchev–Trinajstić information content (AvgIpc) is 3.15. The molecule has 9 nitrogen and oxygen atoms in total. The van der Waals surface area contributed by atoms with Crippen molar-refractivity contribution in [2.75, 3.05) is 11.7 Å². The molecule has 2 aliphatic heterocycles. The minimum atomic E-state index is -0.852. The van der Waals surface area contributed by atoms with E-state index in [1.807, 2.05) is 38.1 Å².